The first-order chi connectivity index (χ1) is 27.3. The number of phosphoric ester groups is 1. The number of carbonyl (C=O) groups is 2. The van der Waals surface area contributed by atoms with Crippen LogP contribution in [0, 0.1) is 0 Å². The predicted molar refractivity (Wildman–Crippen MR) is 234 cm³/mol. The van der Waals surface area contributed by atoms with Gasteiger partial charge >= 0.3 is 19.8 Å². The highest BCUT2D eigenvalue weighted by Crippen LogP contribution is 2.43. The third kappa shape index (κ3) is 42.6. The fourth-order valence-corrected chi connectivity index (χ4v) is 7.93. The van der Waals surface area contributed by atoms with E-state index in [1.165, 1.54) is 186 Å². The van der Waals surface area contributed by atoms with Crippen molar-refractivity contribution in [3.8, 4) is 0 Å². The van der Waals surface area contributed by atoms with Gasteiger partial charge in [0.25, 0.3) is 0 Å². The molecule has 0 radical (unpaired) electrons. The van der Waals surface area contributed by atoms with Crippen molar-refractivity contribution >= 4 is 19.8 Å². The van der Waals surface area contributed by atoms with E-state index in [1.54, 1.807) is 0 Å². The molecule has 0 aliphatic rings. The molecule has 0 fully saturated rings. The van der Waals surface area contributed by atoms with Gasteiger partial charge in [0.1, 0.15) is 6.61 Å². The third-order valence-corrected chi connectivity index (χ3v) is 11.7. The molecule has 0 saturated heterocycles. The molecule has 0 aromatic heterocycles. The highest BCUT2D eigenvalue weighted by molar-refractivity contribution is 7.47. The minimum absolute atomic E-state index is 0.0577. The predicted octanol–water partition coefficient (Wildman–Crippen LogP) is 14.0. The van der Waals surface area contributed by atoms with Crippen LogP contribution in [0.1, 0.15) is 251 Å². The maximum absolute atomic E-state index is 12.6. The number of rotatable bonds is 46. The summed E-state index contributed by atoms with van der Waals surface area (Å²) in [6, 6.07) is 0. The first-order valence-electron chi connectivity index (χ1n) is 24.0. The van der Waals surface area contributed by atoms with Gasteiger partial charge in [-0.15, -0.1) is 0 Å². The number of carbonyl (C=O) groups excluding carboxylic acids is 2. The van der Waals surface area contributed by atoms with E-state index in [1.807, 2.05) is 0 Å². The number of nitrogens with two attached hydrogens (primary N) is 1. The lowest BCUT2D eigenvalue weighted by atomic mass is 10.0. The minimum Gasteiger partial charge on any atom is -0.462 e. The van der Waals surface area contributed by atoms with E-state index >= 15 is 0 Å². The molecule has 0 heterocycles. The highest BCUT2D eigenvalue weighted by Gasteiger charge is 2.26. The lowest BCUT2D eigenvalue weighted by Gasteiger charge is -2.19. The molecule has 0 saturated carbocycles. The first-order valence-corrected chi connectivity index (χ1v) is 25.5. The average Bonchev–Trinajstić information content (AvgIpc) is 3.18. The molecule has 0 aromatic carbocycles. The zero-order chi connectivity index (χ0) is 41.1. The lowest BCUT2D eigenvalue weighted by molar-refractivity contribution is -0.161. The Kier molecular flexibility index (Phi) is 42.8. The van der Waals surface area contributed by atoms with Crippen molar-refractivity contribution in [1.29, 1.82) is 0 Å². The van der Waals surface area contributed by atoms with Gasteiger partial charge in [0.15, 0.2) is 6.10 Å². The summed E-state index contributed by atoms with van der Waals surface area (Å²) in [4.78, 5) is 34.7. The Bertz CT molecular complexity index is 891. The van der Waals surface area contributed by atoms with Gasteiger partial charge < -0.3 is 20.1 Å². The van der Waals surface area contributed by atoms with Crippen molar-refractivity contribution in [1.82, 2.24) is 0 Å². The van der Waals surface area contributed by atoms with Crippen molar-refractivity contribution in [2.75, 3.05) is 26.4 Å². The quantitative estimate of drug-likeness (QED) is 0.0350. The van der Waals surface area contributed by atoms with E-state index in [9.17, 15) is 19.0 Å². The topological polar surface area (TPSA) is 134 Å². The summed E-state index contributed by atoms with van der Waals surface area (Å²) in [6.45, 7) is 3.72. The molecule has 334 valence electrons. The number of hydrogen-bond acceptors (Lipinski definition) is 8. The summed E-state index contributed by atoms with van der Waals surface area (Å²) in [5.74, 6) is -0.820. The summed E-state index contributed by atoms with van der Waals surface area (Å²) < 4.78 is 32.7. The fraction of sp³-hybridized carbons (Fsp3) is 0.957. The number of ether oxygens (including phenoxy) is 2. The second kappa shape index (κ2) is 43.6. The van der Waals surface area contributed by atoms with E-state index < -0.39 is 26.5 Å². The average molecular weight is 818 g/mol. The number of hydrogen-bond donors (Lipinski definition) is 2. The van der Waals surface area contributed by atoms with Gasteiger partial charge in [-0.05, 0) is 12.8 Å². The molecule has 0 rings (SSSR count). The van der Waals surface area contributed by atoms with E-state index in [2.05, 4.69) is 13.8 Å². The first kappa shape index (κ1) is 55.0. The zero-order valence-electron chi connectivity index (χ0n) is 36.9. The Hall–Kier alpha value is -0.990. The molecule has 9 nitrogen and oxygen atoms in total. The molecule has 0 aromatic rings. The second-order valence-electron chi connectivity index (χ2n) is 16.3. The van der Waals surface area contributed by atoms with E-state index in [-0.39, 0.29) is 38.6 Å². The second-order valence-corrected chi connectivity index (χ2v) is 17.8. The van der Waals surface area contributed by atoms with Gasteiger partial charge in [-0.25, -0.2) is 4.57 Å². The fourth-order valence-electron chi connectivity index (χ4n) is 7.17. The molecule has 0 spiro atoms. The molecule has 0 aliphatic heterocycles. The van der Waals surface area contributed by atoms with Crippen molar-refractivity contribution in [3.63, 3.8) is 0 Å². The van der Waals surface area contributed by atoms with E-state index in [4.69, 9.17) is 24.3 Å². The summed E-state index contributed by atoms with van der Waals surface area (Å²) in [7, 11) is -4.36. The van der Waals surface area contributed by atoms with Crippen LogP contribution in [0.2, 0.25) is 0 Å². The summed E-state index contributed by atoms with van der Waals surface area (Å²) in [5.41, 5.74) is 5.34. The number of phosphoric acid groups is 1. The van der Waals surface area contributed by atoms with Crippen LogP contribution in [0.4, 0.5) is 0 Å². The largest absolute Gasteiger partial charge is 0.472 e. The summed E-state index contributed by atoms with van der Waals surface area (Å²) in [5, 5.41) is 0. The van der Waals surface area contributed by atoms with Crippen LogP contribution in [0.15, 0.2) is 0 Å². The minimum atomic E-state index is -4.36. The van der Waals surface area contributed by atoms with Crippen molar-refractivity contribution in [3.05, 3.63) is 0 Å². The van der Waals surface area contributed by atoms with Crippen LogP contribution in [0.5, 0.6) is 0 Å². The van der Waals surface area contributed by atoms with Gasteiger partial charge in [-0.3, -0.25) is 18.6 Å². The van der Waals surface area contributed by atoms with Crippen LogP contribution < -0.4 is 5.73 Å². The van der Waals surface area contributed by atoms with Gasteiger partial charge in [-0.2, -0.15) is 0 Å². The Morgan fingerprint density at radius 1 is 0.464 bits per heavy atom. The molecule has 3 N–H and O–H groups in total. The van der Waals surface area contributed by atoms with Crippen molar-refractivity contribution in [2.45, 2.75) is 258 Å². The van der Waals surface area contributed by atoms with E-state index in [0.717, 1.165) is 32.1 Å². The zero-order valence-corrected chi connectivity index (χ0v) is 37.8. The monoisotopic (exact) mass is 818 g/mol. The Morgan fingerprint density at radius 3 is 1.09 bits per heavy atom. The lowest BCUT2D eigenvalue weighted by Crippen LogP contribution is -2.29. The summed E-state index contributed by atoms with van der Waals surface area (Å²) in [6.07, 6.45) is 44.7. The molecule has 10 heteroatoms. The maximum Gasteiger partial charge on any atom is 0.472 e. The Balaban J connectivity index is 3.79. The molecule has 56 heavy (non-hydrogen) atoms. The van der Waals surface area contributed by atoms with Gasteiger partial charge in [0.05, 0.1) is 13.2 Å². The van der Waals surface area contributed by atoms with Crippen LogP contribution in [-0.4, -0.2) is 49.3 Å². The number of unbranched alkanes of at least 4 members (excludes halogenated alkanes) is 33. The van der Waals surface area contributed by atoms with Crippen LogP contribution in [0.25, 0.3) is 0 Å². The van der Waals surface area contributed by atoms with Gasteiger partial charge in [0.2, 0.25) is 0 Å². The van der Waals surface area contributed by atoms with Crippen LogP contribution in [-0.2, 0) is 32.7 Å². The molecular formula is C46H92NO8P. The van der Waals surface area contributed by atoms with Crippen molar-refractivity contribution < 1.29 is 37.6 Å². The SMILES string of the molecule is CCCCCCCCCCCCCCCCCCCCCCCCCCCCCCC(=O)OC(COC(=O)CCCCCCCCC)COP(=O)(O)OCCN. The Morgan fingerprint density at radius 2 is 0.768 bits per heavy atom. The smallest absolute Gasteiger partial charge is 0.462 e. The van der Waals surface area contributed by atoms with Crippen molar-refractivity contribution in [2.24, 2.45) is 5.73 Å². The van der Waals surface area contributed by atoms with Gasteiger partial charge in [0, 0.05) is 19.4 Å². The normalized spacial score (nSPS) is 13.1. The standard InChI is InChI=1S/C46H92NO8P/c1-3-5-7-9-11-12-13-14-15-16-17-18-19-20-21-22-23-24-25-26-27-28-29-30-31-33-35-37-39-46(49)55-44(43-54-56(50,51)53-41-40-47)42-52-45(48)38-36-34-32-10-8-6-4-2/h44H,3-43,47H2,1-2H3,(H,50,51). The summed E-state index contributed by atoms with van der Waals surface area (Å²) >= 11 is 0. The van der Waals surface area contributed by atoms with Gasteiger partial charge in [-0.1, -0.05) is 226 Å². The molecule has 0 aliphatic carbocycles. The molecule has 2 unspecified atom stereocenters. The van der Waals surface area contributed by atoms with Crippen LogP contribution >= 0.6 is 7.82 Å². The maximum atomic E-state index is 12.6. The van der Waals surface area contributed by atoms with E-state index in [0.29, 0.717) is 6.42 Å². The molecular weight excluding hydrogens is 725 g/mol. The Labute approximate surface area is 346 Å². The molecule has 2 atom stereocenters. The highest BCUT2D eigenvalue weighted by atomic mass is 31.2. The van der Waals surface area contributed by atoms with Crippen LogP contribution in [0.3, 0.4) is 0 Å². The molecule has 0 bridgehead atoms. The number of esters is 2. The molecule has 0 amide bonds. The third-order valence-electron chi connectivity index (χ3n) is 10.7.